The van der Waals surface area contributed by atoms with Gasteiger partial charge in [-0.25, -0.2) is 0 Å². The summed E-state index contributed by atoms with van der Waals surface area (Å²) in [5.74, 6) is -0.604. The Morgan fingerprint density at radius 1 is 1.13 bits per heavy atom. The molecule has 0 aliphatic rings. The van der Waals surface area contributed by atoms with Gasteiger partial charge in [0.05, 0.1) is 5.75 Å². The average molecular weight is 255 g/mol. The molecule has 9 heteroatoms. The standard InChI is InChI=1S/C6H9NO6S2/c8-14(9,10)2-1-5-3-7-4-6(5)15(11,12)13/h3-4,7H,1-2H2,(H,8,9,10)(H,11,12,13). The highest BCUT2D eigenvalue weighted by atomic mass is 32.2. The van der Waals surface area contributed by atoms with Crippen molar-refractivity contribution < 1.29 is 25.9 Å². The fourth-order valence-electron chi connectivity index (χ4n) is 1.06. The molecular weight excluding hydrogens is 246 g/mol. The molecule has 86 valence electrons. The van der Waals surface area contributed by atoms with Gasteiger partial charge in [0.15, 0.2) is 0 Å². The Morgan fingerprint density at radius 2 is 1.73 bits per heavy atom. The zero-order chi connectivity index (χ0) is 11.7. The smallest absolute Gasteiger partial charge is 0.296 e. The van der Waals surface area contributed by atoms with Crippen molar-refractivity contribution in [3.8, 4) is 0 Å². The zero-order valence-electron chi connectivity index (χ0n) is 7.41. The third kappa shape index (κ3) is 3.63. The first-order valence-electron chi connectivity index (χ1n) is 3.78. The van der Waals surface area contributed by atoms with Crippen LogP contribution in [0, 0.1) is 0 Å². The Bertz CT molecular complexity index is 540. The van der Waals surface area contributed by atoms with Gasteiger partial charge in [-0.3, -0.25) is 9.11 Å². The van der Waals surface area contributed by atoms with E-state index in [1.165, 1.54) is 6.20 Å². The lowest BCUT2D eigenvalue weighted by Gasteiger charge is -1.99. The first kappa shape index (κ1) is 12.2. The molecule has 0 aromatic carbocycles. The minimum absolute atomic E-state index is 0.107. The number of nitrogens with one attached hydrogen (secondary N) is 1. The van der Waals surface area contributed by atoms with Crippen LogP contribution >= 0.6 is 0 Å². The number of hydrogen-bond acceptors (Lipinski definition) is 4. The van der Waals surface area contributed by atoms with E-state index in [1.807, 2.05) is 0 Å². The summed E-state index contributed by atoms with van der Waals surface area (Å²) in [6.45, 7) is 0. The van der Waals surface area contributed by atoms with Gasteiger partial charge in [0.25, 0.3) is 20.2 Å². The maximum atomic E-state index is 10.8. The van der Waals surface area contributed by atoms with Crippen LogP contribution < -0.4 is 0 Å². The maximum absolute atomic E-state index is 10.8. The van der Waals surface area contributed by atoms with Gasteiger partial charge in [-0.05, 0) is 12.0 Å². The van der Waals surface area contributed by atoms with Crippen LogP contribution in [0.2, 0.25) is 0 Å². The molecule has 0 aliphatic carbocycles. The SMILES string of the molecule is O=S(=O)(O)CCc1c[nH]cc1S(=O)(=O)O. The van der Waals surface area contributed by atoms with Gasteiger partial charge in [-0.2, -0.15) is 16.8 Å². The Balaban J connectivity index is 2.94. The Kier molecular flexibility index (Phi) is 3.19. The molecule has 1 aromatic rings. The van der Waals surface area contributed by atoms with Crippen LogP contribution in [0.5, 0.6) is 0 Å². The summed E-state index contributed by atoms with van der Waals surface area (Å²) in [6.07, 6.45) is 2.08. The van der Waals surface area contributed by atoms with Crippen molar-refractivity contribution in [2.24, 2.45) is 0 Å². The van der Waals surface area contributed by atoms with Crippen LogP contribution in [-0.2, 0) is 26.7 Å². The third-order valence-corrected chi connectivity index (χ3v) is 3.35. The molecule has 0 saturated heterocycles. The molecule has 15 heavy (non-hydrogen) atoms. The first-order chi connectivity index (χ1) is 6.70. The highest BCUT2D eigenvalue weighted by Gasteiger charge is 2.17. The van der Waals surface area contributed by atoms with Gasteiger partial charge in [0.1, 0.15) is 4.90 Å². The van der Waals surface area contributed by atoms with Gasteiger partial charge >= 0.3 is 0 Å². The topological polar surface area (TPSA) is 125 Å². The molecule has 1 heterocycles. The van der Waals surface area contributed by atoms with Gasteiger partial charge in [0, 0.05) is 12.4 Å². The Labute approximate surface area is 86.6 Å². The predicted octanol–water partition coefficient (Wildman–Crippen LogP) is -0.308. The number of aromatic amines is 1. The van der Waals surface area contributed by atoms with Crippen molar-refractivity contribution in [1.82, 2.24) is 4.98 Å². The summed E-state index contributed by atoms with van der Waals surface area (Å²) in [5, 5.41) is 0. The second-order valence-corrected chi connectivity index (χ2v) is 5.82. The molecule has 0 aliphatic heterocycles. The van der Waals surface area contributed by atoms with Crippen molar-refractivity contribution >= 4 is 20.2 Å². The van der Waals surface area contributed by atoms with E-state index in [4.69, 9.17) is 9.11 Å². The number of hydrogen-bond donors (Lipinski definition) is 3. The summed E-state index contributed by atoms with van der Waals surface area (Å²) in [6, 6.07) is 0. The summed E-state index contributed by atoms with van der Waals surface area (Å²) >= 11 is 0. The van der Waals surface area contributed by atoms with E-state index >= 15 is 0 Å². The molecule has 0 amide bonds. The van der Waals surface area contributed by atoms with Crippen LogP contribution in [0.3, 0.4) is 0 Å². The van der Waals surface area contributed by atoms with Gasteiger partial charge in [-0.1, -0.05) is 0 Å². The average Bonchev–Trinajstić information content (AvgIpc) is 2.45. The number of aryl methyl sites for hydroxylation is 1. The fraction of sp³-hybridized carbons (Fsp3) is 0.333. The Hall–Kier alpha value is -0.900. The predicted molar refractivity (Wildman–Crippen MR) is 50.7 cm³/mol. The molecular formula is C6H9NO6S2. The van der Waals surface area contributed by atoms with Gasteiger partial charge < -0.3 is 4.98 Å². The van der Waals surface area contributed by atoms with Crippen molar-refractivity contribution in [3.63, 3.8) is 0 Å². The van der Waals surface area contributed by atoms with Crippen LogP contribution in [0.1, 0.15) is 5.56 Å². The lowest BCUT2D eigenvalue weighted by molar-refractivity contribution is 0.477. The van der Waals surface area contributed by atoms with E-state index in [-0.39, 0.29) is 16.9 Å². The van der Waals surface area contributed by atoms with Crippen LogP contribution in [0.25, 0.3) is 0 Å². The van der Waals surface area contributed by atoms with Crippen molar-refractivity contribution in [3.05, 3.63) is 18.0 Å². The summed E-state index contributed by atoms with van der Waals surface area (Å²) in [5.41, 5.74) is 0.107. The van der Waals surface area contributed by atoms with Gasteiger partial charge in [0.2, 0.25) is 0 Å². The number of H-pyrrole nitrogens is 1. The van der Waals surface area contributed by atoms with E-state index in [1.54, 1.807) is 0 Å². The minimum Gasteiger partial charge on any atom is -0.366 e. The number of aromatic nitrogens is 1. The molecule has 0 unspecified atom stereocenters. The molecule has 1 rings (SSSR count). The van der Waals surface area contributed by atoms with Crippen molar-refractivity contribution in [2.45, 2.75) is 11.3 Å². The van der Waals surface area contributed by atoms with Crippen LogP contribution in [-0.4, -0.2) is 36.7 Å². The molecule has 0 spiro atoms. The molecule has 1 aromatic heterocycles. The van der Waals surface area contributed by atoms with E-state index in [9.17, 15) is 16.8 Å². The van der Waals surface area contributed by atoms with Gasteiger partial charge in [-0.15, -0.1) is 0 Å². The molecule has 3 N–H and O–H groups in total. The van der Waals surface area contributed by atoms with E-state index < -0.39 is 26.0 Å². The summed E-state index contributed by atoms with van der Waals surface area (Å²) < 4.78 is 59.6. The monoisotopic (exact) mass is 255 g/mol. The molecule has 0 fully saturated rings. The quantitative estimate of drug-likeness (QED) is 0.634. The first-order valence-corrected chi connectivity index (χ1v) is 6.83. The largest absolute Gasteiger partial charge is 0.366 e. The van der Waals surface area contributed by atoms with Crippen LogP contribution in [0.4, 0.5) is 0 Å². The van der Waals surface area contributed by atoms with Crippen LogP contribution in [0.15, 0.2) is 17.3 Å². The molecule has 0 bridgehead atoms. The molecule has 7 nitrogen and oxygen atoms in total. The zero-order valence-corrected chi connectivity index (χ0v) is 9.05. The van der Waals surface area contributed by atoms with E-state index in [2.05, 4.69) is 4.98 Å². The summed E-state index contributed by atoms with van der Waals surface area (Å²) in [7, 11) is -8.52. The summed E-state index contributed by atoms with van der Waals surface area (Å²) in [4.78, 5) is 2.04. The highest BCUT2D eigenvalue weighted by Crippen LogP contribution is 2.15. The normalized spacial score (nSPS) is 12.9. The molecule has 0 radical (unpaired) electrons. The minimum atomic E-state index is -4.37. The molecule has 0 atom stereocenters. The lowest BCUT2D eigenvalue weighted by atomic mass is 10.3. The third-order valence-electron chi connectivity index (χ3n) is 1.70. The van der Waals surface area contributed by atoms with Crippen molar-refractivity contribution in [2.75, 3.05) is 5.75 Å². The maximum Gasteiger partial charge on any atom is 0.296 e. The van der Waals surface area contributed by atoms with Crippen molar-refractivity contribution in [1.29, 1.82) is 0 Å². The molecule has 0 saturated carbocycles. The number of rotatable bonds is 4. The second-order valence-electron chi connectivity index (χ2n) is 2.86. The fourth-order valence-corrected chi connectivity index (χ4v) is 2.24. The van der Waals surface area contributed by atoms with E-state index in [0.29, 0.717) is 0 Å². The van der Waals surface area contributed by atoms with E-state index in [0.717, 1.165) is 6.20 Å². The highest BCUT2D eigenvalue weighted by molar-refractivity contribution is 7.86. The lowest BCUT2D eigenvalue weighted by Crippen LogP contribution is -2.08. The second kappa shape index (κ2) is 3.93. The Morgan fingerprint density at radius 3 is 2.20 bits per heavy atom.